The molecule has 1 aliphatic rings. The number of rotatable bonds is 6. The molecule has 1 atom stereocenters. The van der Waals surface area contributed by atoms with Gasteiger partial charge in [-0.15, -0.1) is 0 Å². The third-order valence-electron chi connectivity index (χ3n) is 3.96. The molecule has 1 aliphatic heterocycles. The summed E-state index contributed by atoms with van der Waals surface area (Å²) >= 11 is 0. The van der Waals surface area contributed by atoms with Crippen LogP contribution in [0.3, 0.4) is 0 Å². The van der Waals surface area contributed by atoms with Crippen molar-refractivity contribution in [1.29, 1.82) is 0 Å². The second kappa shape index (κ2) is 7.46. The van der Waals surface area contributed by atoms with E-state index in [9.17, 15) is 4.79 Å². The molecule has 0 spiro atoms. The molecule has 0 bridgehead atoms. The molecule has 4 heteroatoms. The summed E-state index contributed by atoms with van der Waals surface area (Å²) < 4.78 is 0. The second-order valence-corrected chi connectivity index (χ2v) is 5.94. The summed E-state index contributed by atoms with van der Waals surface area (Å²) in [7, 11) is 0. The molecule has 0 radical (unpaired) electrons. The third kappa shape index (κ3) is 4.46. The van der Waals surface area contributed by atoms with E-state index in [-0.39, 0.29) is 11.9 Å². The highest BCUT2D eigenvalue weighted by molar-refractivity contribution is 5.95. The number of amides is 1. The number of carbonyl (C=O) groups is 1. The highest BCUT2D eigenvalue weighted by atomic mass is 16.1. The van der Waals surface area contributed by atoms with Crippen molar-refractivity contribution in [3.63, 3.8) is 0 Å². The lowest BCUT2D eigenvalue weighted by Gasteiger charge is -2.21. The molecule has 1 unspecified atom stereocenters. The first-order chi connectivity index (χ1) is 10.1. The molecule has 0 saturated carbocycles. The first-order valence-corrected chi connectivity index (χ1v) is 7.98. The monoisotopic (exact) mass is 289 g/mol. The van der Waals surface area contributed by atoms with E-state index in [1.807, 2.05) is 25.1 Å². The fourth-order valence-corrected chi connectivity index (χ4v) is 2.90. The maximum Gasteiger partial charge on any atom is 0.251 e. The molecule has 1 aromatic carbocycles. The van der Waals surface area contributed by atoms with Crippen molar-refractivity contribution in [3.05, 3.63) is 29.3 Å². The van der Waals surface area contributed by atoms with Gasteiger partial charge in [0.15, 0.2) is 0 Å². The minimum absolute atomic E-state index is 0.0212. The number of nitrogens with one attached hydrogen (secondary N) is 2. The Morgan fingerprint density at radius 1 is 1.33 bits per heavy atom. The van der Waals surface area contributed by atoms with Crippen molar-refractivity contribution in [2.24, 2.45) is 0 Å². The standard InChI is InChI=1S/C17H27N3O/c1-4-18-16-8-7-15(11-13(16)2)17(21)19-14(3)12-20-9-5-6-10-20/h7-8,11,14,18H,4-6,9-10,12H2,1-3H3,(H,19,21). The van der Waals surface area contributed by atoms with Crippen molar-refractivity contribution < 1.29 is 4.79 Å². The number of hydrogen-bond acceptors (Lipinski definition) is 3. The maximum absolute atomic E-state index is 12.3. The van der Waals surface area contributed by atoms with Crippen molar-refractivity contribution >= 4 is 11.6 Å². The Morgan fingerprint density at radius 3 is 2.67 bits per heavy atom. The Labute approximate surface area is 127 Å². The lowest BCUT2D eigenvalue weighted by atomic mass is 10.1. The van der Waals surface area contributed by atoms with E-state index in [0.717, 1.165) is 43.0 Å². The molecule has 0 aromatic heterocycles. The summed E-state index contributed by atoms with van der Waals surface area (Å²) in [5, 5.41) is 6.39. The van der Waals surface area contributed by atoms with Gasteiger partial charge in [0.2, 0.25) is 0 Å². The first kappa shape index (κ1) is 15.8. The number of likely N-dealkylation sites (tertiary alicyclic amines) is 1. The highest BCUT2D eigenvalue weighted by Crippen LogP contribution is 2.16. The zero-order valence-corrected chi connectivity index (χ0v) is 13.4. The summed E-state index contributed by atoms with van der Waals surface area (Å²) in [6.07, 6.45) is 2.57. The number of nitrogens with zero attached hydrogens (tertiary/aromatic N) is 1. The SMILES string of the molecule is CCNc1ccc(C(=O)NC(C)CN2CCCC2)cc1C. The van der Waals surface area contributed by atoms with Crippen LogP contribution in [0.15, 0.2) is 18.2 Å². The van der Waals surface area contributed by atoms with Gasteiger partial charge in [-0.25, -0.2) is 0 Å². The van der Waals surface area contributed by atoms with Crippen LogP contribution in [0.25, 0.3) is 0 Å². The van der Waals surface area contributed by atoms with E-state index in [0.29, 0.717) is 0 Å². The van der Waals surface area contributed by atoms with Gasteiger partial charge in [-0.1, -0.05) is 0 Å². The predicted octanol–water partition coefficient (Wildman–Crippen LogP) is 2.64. The van der Waals surface area contributed by atoms with Gasteiger partial charge in [-0.3, -0.25) is 4.79 Å². The molecule has 21 heavy (non-hydrogen) atoms. The van der Waals surface area contributed by atoms with Crippen molar-refractivity contribution in [3.8, 4) is 0 Å². The van der Waals surface area contributed by atoms with Crippen LogP contribution in [-0.4, -0.2) is 43.0 Å². The summed E-state index contributed by atoms with van der Waals surface area (Å²) in [5.41, 5.74) is 2.94. The Balaban J connectivity index is 1.91. The molecule has 2 N–H and O–H groups in total. The van der Waals surface area contributed by atoms with Gasteiger partial charge in [0.25, 0.3) is 5.91 Å². The zero-order valence-electron chi connectivity index (χ0n) is 13.4. The fraction of sp³-hybridized carbons (Fsp3) is 0.588. The van der Waals surface area contributed by atoms with Gasteiger partial charge < -0.3 is 15.5 Å². The van der Waals surface area contributed by atoms with E-state index < -0.39 is 0 Å². The molecule has 1 heterocycles. The molecule has 0 aliphatic carbocycles. The second-order valence-electron chi connectivity index (χ2n) is 5.94. The van der Waals surface area contributed by atoms with Crippen LogP contribution in [0.5, 0.6) is 0 Å². The van der Waals surface area contributed by atoms with Gasteiger partial charge in [-0.2, -0.15) is 0 Å². The zero-order chi connectivity index (χ0) is 15.2. The van der Waals surface area contributed by atoms with E-state index in [1.54, 1.807) is 0 Å². The quantitative estimate of drug-likeness (QED) is 0.846. The molecule has 1 amide bonds. The van der Waals surface area contributed by atoms with E-state index in [2.05, 4.69) is 29.4 Å². The van der Waals surface area contributed by atoms with Crippen LogP contribution in [0, 0.1) is 6.92 Å². The lowest BCUT2D eigenvalue weighted by Crippen LogP contribution is -2.41. The van der Waals surface area contributed by atoms with Gasteiger partial charge >= 0.3 is 0 Å². The largest absolute Gasteiger partial charge is 0.385 e. The minimum Gasteiger partial charge on any atom is -0.385 e. The molecule has 1 aromatic rings. The highest BCUT2D eigenvalue weighted by Gasteiger charge is 2.16. The Morgan fingerprint density at radius 2 is 2.05 bits per heavy atom. The van der Waals surface area contributed by atoms with Crippen molar-refractivity contribution in [2.45, 2.75) is 39.7 Å². The summed E-state index contributed by atoms with van der Waals surface area (Å²) in [6.45, 7) is 10.3. The molecule has 1 fully saturated rings. The Bertz CT molecular complexity index is 481. The first-order valence-electron chi connectivity index (χ1n) is 7.98. The number of hydrogen-bond donors (Lipinski definition) is 2. The molecule has 1 saturated heterocycles. The number of benzene rings is 1. The van der Waals surface area contributed by atoms with Gasteiger partial charge in [0.1, 0.15) is 0 Å². The number of carbonyl (C=O) groups excluding carboxylic acids is 1. The van der Waals surface area contributed by atoms with E-state index in [4.69, 9.17) is 0 Å². The van der Waals surface area contributed by atoms with Crippen molar-refractivity contribution in [2.75, 3.05) is 31.5 Å². The van der Waals surface area contributed by atoms with Crippen LogP contribution in [0.2, 0.25) is 0 Å². The molecular formula is C17H27N3O. The maximum atomic E-state index is 12.3. The molecule has 4 nitrogen and oxygen atoms in total. The van der Waals surface area contributed by atoms with Crippen LogP contribution < -0.4 is 10.6 Å². The van der Waals surface area contributed by atoms with Gasteiger partial charge in [0.05, 0.1) is 0 Å². The van der Waals surface area contributed by atoms with Crippen molar-refractivity contribution in [1.82, 2.24) is 10.2 Å². The normalized spacial score (nSPS) is 16.7. The Hall–Kier alpha value is -1.55. The molecule has 116 valence electrons. The average molecular weight is 289 g/mol. The van der Waals surface area contributed by atoms with E-state index >= 15 is 0 Å². The molecular weight excluding hydrogens is 262 g/mol. The van der Waals surface area contributed by atoms with Crippen LogP contribution in [-0.2, 0) is 0 Å². The minimum atomic E-state index is 0.0212. The summed E-state index contributed by atoms with van der Waals surface area (Å²) in [5.74, 6) is 0.0212. The van der Waals surface area contributed by atoms with Gasteiger partial charge in [0, 0.05) is 30.4 Å². The van der Waals surface area contributed by atoms with Crippen LogP contribution in [0.4, 0.5) is 5.69 Å². The topological polar surface area (TPSA) is 44.4 Å². The third-order valence-corrected chi connectivity index (χ3v) is 3.96. The smallest absolute Gasteiger partial charge is 0.251 e. The fourth-order valence-electron chi connectivity index (χ4n) is 2.90. The number of anilines is 1. The summed E-state index contributed by atoms with van der Waals surface area (Å²) in [6, 6.07) is 6.02. The number of aryl methyl sites for hydroxylation is 1. The van der Waals surface area contributed by atoms with Gasteiger partial charge in [-0.05, 0) is 70.5 Å². The average Bonchev–Trinajstić information content (AvgIpc) is 2.93. The van der Waals surface area contributed by atoms with Crippen LogP contribution >= 0.6 is 0 Å². The molecule has 2 rings (SSSR count). The predicted molar refractivity (Wildman–Crippen MR) is 87.9 cm³/mol. The lowest BCUT2D eigenvalue weighted by molar-refractivity contribution is 0.0932. The Kier molecular flexibility index (Phi) is 5.62. The van der Waals surface area contributed by atoms with E-state index in [1.165, 1.54) is 12.8 Å². The van der Waals surface area contributed by atoms with Crippen LogP contribution in [0.1, 0.15) is 42.6 Å². The summed E-state index contributed by atoms with van der Waals surface area (Å²) in [4.78, 5) is 14.7.